The second-order valence-corrected chi connectivity index (χ2v) is 8.02. The zero-order valence-electron chi connectivity index (χ0n) is 11.9. The van der Waals surface area contributed by atoms with Crippen molar-refractivity contribution in [2.45, 2.75) is 17.2 Å². The molecule has 4 nitrogen and oxygen atoms in total. The van der Waals surface area contributed by atoms with Crippen LogP contribution in [-0.4, -0.2) is 51.9 Å². The zero-order chi connectivity index (χ0) is 15.3. The Morgan fingerprint density at radius 3 is 2.35 bits per heavy atom. The molecule has 0 bridgehead atoms. The average Bonchev–Trinajstić information content (AvgIpc) is 2.37. The van der Waals surface area contributed by atoms with E-state index in [0.29, 0.717) is 16.9 Å². The van der Waals surface area contributed by atoms with Gasteiger partial charge in [-0.2, -0.15) is 0 Å². The van der Waals surface area contributed by atoms with Gasteiger partial charge < -0.3 is 4.90 Å². The minimum absolute atomic E-state index is 0.277. The molecule has 7 heteroatoms. The largest absolute Gasteiger partial charge is 0.309 e. The highest BCUT2D eigenvalue weighted by molar-refractivity contribution is 9.10. The van der Waals surface area contributed by atoms with Crippen LogP contribution in [0.25, 0.3) is 0 Å². The molecule has 0 spiro atoms. The number of rotatable bonds is 7. The van der Waals surface area contributed by atoms with Crippen LogP contribution in [0.3, 0.4) is 0 Å². The first-order valence-corrected chi connectivity index (χ1v) is 9.01. The number of benzene rings is 1. The summed E-state index contributed by atoms with van der Waals surface area (Å²) in [6.45, 7) is 1.34. The van der Waals surface area contributed by atoms with Gasteiger partial charge in [0.25, 0.3) is 0 Å². The molecule has 0 atom stereocenters. The molecule has 0 aliphatic rings. The van der Waals surface area contributed by atoms with E-state index in [1.807, 2.05) is 19.0 Å². The molecule has 0 amide bonds. The lowest BCUT2D eigenvalue weighted by Crippen LogP contribution is -2.30. The molecule has 0 aromatic heterocycles. The van der Waals surface area contributed by atoms with E-state index in [1.165, 1.54) is 4.31 Å². The number of sulfonamides is 1. The summed E-state index contributed by atoms with van der Waals surface area (Å²) in [6.07, 6.45) is 0.792. The fraction of sp³-hybridized carbons (Fsp3) is 0.538. The molecule has 0 saturated carbocycles. The Labute approximate surface area is 134 Å². The molecule has 20 heavy (non-hydrogen) atoms. The maximum Gasteiger partial charge on any atom is 0.243 e. The quantitative estimate of drug-likeness (QED) is 0.680. The van der Waals surface area contributed by atoms with Gasteiger partial charge in [-0.1, -0.05) is 6.07 Å². The van der Waals surface area contributed by atoms with Crippen molar-refractivity contribution in [2.24, 2.45) is 0 Å². The van der Waals surface area contributed by atoms with E-state index in [4.69, 9.17) is 11.6 Å². The number of alkyl halides is 1. The van der Waals surface area contributed by atoms with Gasteiger partial charge in [0, 0.05) is 23.9 Å². The Balaban J connectivity index is 2.87. The molecule has 1 rings (SSSR count). The molecule has 0 aliphatic carbocycles. The molecule has 0 unspecified atom stereocenters. The molecule has 0 aliphatic heterocycles. The Hall–Kier alpha value is -0.140. The minimum Gasteiger partial charge on any atom is -0.309 e. The third kappa shape index (κ3) is 4.70. The summed E-state index contributed by atoms with van der Waals surface area (Å²) in [5, 5.41) is 0. The van der Waals surface area contributed by atoms with Gasteiger partial charge in [-0.3, -0.25) is 0 Å². The molecular formula is C13H20BrClN2O2S. The van der Waals surface area contributed by atoms with Gasteiger partial charge in [-0.15, -0.1) is 11.6 Å². The molecule has 114 valence electrons. The average molecular weight is 384 g/mol. The summed E-state index contributed by atoms with van der Waals surface area (Å²) in [5.41, 5.74) is 0.882. The predicted molar refractivity (Wildman–Crippen MR) is 86.7 cm³/mol. The first kappa shape index (κ1) is 17.9. The molecule has 0 radical (unpaired) electrons. The van der Waals surface area contributed by atoms with Crippen molar-refractivity contribution >= 4 is 37.6 Å². The van der Waals surface area contributed by atoms with E-state index in [2.05, 4.69) is 15.9 Å². The predicted octanol–water partition coefficient (Wildman–Crippen LogP) is 2.76. The van der Waals surface area contributed by atoms with E-state index < -0.39 is 10.0 Å². The van der Waals surface area contributed by atoms with E-state index >= 15 is 0 Å². The summed E-state index contributed by atoms with van der Waals surface area (Å²) >= 11 is 9.05. The lowest BCUT2D eigenvalue weighted by atomic mass is 10.2. The van der Waals surface area contributed by atoms with Crippen LogP contribution in [0.5, 0.6) is 0 Å². The van der Waals surface area contributed by atoms with Gasteiger partial charge in [0.15, 0.2) is 0 Å². The van der Waals surface area contributed by atoms with Crippen molar-refractivity contribution in [1.29, 1.82) is 0 Å². The SMILES string of the molecule is CN(C)CCCN(C)S(=O)(=O)c1ccc(CCl)cc1Br. The summed E-state index contributed by atoms with van der Waals surface area (Å²) < 4.78 is 26.9. The van der Waals surface area contributed by atoms with Crippen LogP contribution in [0.2, 0.25) is 0 Å². The van der Waals surface area contributed by atoms with Crippen molar-refractivity contribution in [3.05, 3.63) is 28.2 Å². The smallest absolute Gasteiger partial charge is 0.243 e. The maximum atomic E-state index is 12.5. The maximum absolute atomic E-state index is 12.5. The highest BCUT2D eigenvalue weighted by Crippen LogP contribution is 2.26. The highest BCUT2D eigenvalue weighted by atomic mass is 79.9. The summed E-state index contributed by atoms with van der Waals surface area (Å²) in [7, 11) is 2.07. The van der Waals surface area contributed by atoms with Crippen LogP contribution < -0.4 is 0 Å². The van der Waals surface area contributed by atoms with Crippen LogP contribution in [0.4, 0.5) is 0 Å². The van der Waals surface area contributed by atoms with Gasteiger partial charge in [0.05, 0.1) is 4.90 Å². The van der Waals surface area contributed by atoms with Crippen LogP contribution in [0.1, 0.15) is 12.0 Å². The molecular weight excluding hydrogens is 364 g/mol. The first-order valence-electron chi connectivity index (χ1n) is 6.24. The second kappa shape index (κ2) is 7.75. The first-order chi connectivity index (χ1) is 9.28. The van der Waals surface area contributed by atoms with Crippen LogP contribution in [-0.2, 0) is 15.9 Å². The normalized spacial score (nSPS) is 12.3. The third-order valence-corrected chi connectivity index (χ3v) is 6.06. The lowest BCUT2D eigenvalue weighted by Gasteiger charge is -2.19. The summed E-state index contributed by atoms with van der Waals surface area (Å²) in [5.74, 6) is 0.359. The molecule has 0 fully saturated rings. The van der Waals surface area contributed by atoms with E-state index in [9.17, 15) is 8.42 Å². The summed E-state index contributed by atoms with van der Waals surface area (Å²) in [6, 6.07) is 5.07. The van der Waals surface area contributed by atoms with Crippen molar-refractivity contribution in [3.8, 4) is 0 Å². The number of nitrogens with zero attached hydrogens (tertiary/aromatic N) is 2. The monoisotopic (exact) mass is 382 g/mol. The number of halogens is 2. The van der Waals surface area contributed by atoms with E-state index in [1.54, 1.807) is 25.2 Å². The Morgan fingerprint density at radius 1 is 1.20 bits per heavy atom. The van der Waals surface area contributed by atoms with E-state index in [-0.39, 0.29) is 4.90 Å². The summed E-state index contributed by atoms with van der Waals surface area (Å²) in [4.78, 5) is 2.31. The van der Waals surface area contributed by atoms with Gasteiger partial charge in [0.1, 0.15) is 0 Å². The Bertz CT molecular complexity index is 549. The Kier molecular flexibility index (Phi) is 6.94. The Morgan fingerprint density at radius 2 is 1.85 bits per heavy atom. The third-order valence-electron chi connectivity index (χ3n) is 2.92. The van der Waals surface area contributed by atoms with Gasteiger partial charge in [-0.05, 0) is 60.7 Å². The van der Waals surface area contributed by atoms with E-state index in [0.717, 1.165) is 18.5 Å². The lowest BCUT2D eigenvalue weighted by molar-refractivity contribution is 0.370. The molecule has 1 aromatic carbocycles. The molecule has 0 N–H and O–H groups in total. The molecule has 0 saturated heterocycles. The van der Waals surface area contributed by atoms with Gasteiger partial charge in [-0.25, -0.2) is 12.7 Å². The minimum atomic E-state index is -3.47. The van der Waals surface area contributed by atoms with Crippen molar-refractivity contribution in [1.82, 2.24) is 9.21 Å². The number of hydrogen-bond donors (Lipinski definition) is 0. The van der Waals surface area contributed by atoms with Crippen molar-refractivity contribution in [2.75, 3.05) is 34.2 Å². The van der Waals surface area contributed by atoms with Crippen molar-refractivity contribution < 1.29 is 8.42 Å². The topological polar surface area (TPSA) is 40.6 Å². The van der Waals surface area contributed by atoms with Crippen LogP contribution in [0.15, 0.2) is 27.6 Å². The number of hydrogen-bond acceptors (Lipinski definition) is 3. The fourth-order valence-corrected chi connectivity index (χ4v) is 4.19. The molecule has 1 aromatic rings. The van der Waals surface area contributed by atoms with Crippen LogP contribution >= 0.6 is 27.5 Å². The van der Waals surface area contributed by atoms with Gasteiger partial charge in [0.2, 0.25) is 10.0 Å². The second-order valence-electron chi connectivity index (χ2n) is 4.88. The molecule has 0 heterocycles. The zero-order valence-corrected chi connectivity index (χ0v) is 15.1. The standard InChI is InChI=1S/C13H20BrClN2O2S/c1-16(2)7-4-8-17(3)20(18,19)13-6-5-11(10-15)9-12(13)14/h5-6,9H,4,7-8,10H2,1-3H3. The highest BCUT2D eigenvalue weighted by Gasteiger charge is 2.23. The van der Waals surface area contributed by atoms with Crippen molar-refractivity contribution in [3.63, 3.8) is 0 Å². The fourth-order valence-electron chi connectivity index (χ4n) is 1.73. The van der Waals surface area contributed by atoms with Gasteiger partial charge >= 0.3 is 0 Å². The van der Waals surface area contributed by atoms with Crippen LogP contribution in [0, 0.1) is 0 Å².